The second-order valence-electron chi connectivity index (χ2n) is 5.51. The van der Waals surface area contributed by atoms with Gasteiger partial charge in [0.05, 0.1) is 6.10 Å². The van der Waals surface area contributed by atoms with E-state index in [-0.39, 0.29) is 6.10 Å². The van der Waals surface area contributed by atoms with Crippen LogP contribution in [-0.2, 0) is 0 Å². The summed E-state index contributed by atoms with van der Waals surface area (Å²) < 4.78 is 1.80. The van der Waals surface area contributed by atoms with Crippen molar-refractivity contribution < 1.29 is 5.11 Å². The highest BCUT2D eigenvalue weighted by Gasteiger charge is 2.20. The molecule has 1 aliphatic rings. The van der Waals surface area contributed by atoms with E-state index in [0.717, 1.165) is 31.5 Å². The Labute approximate surface area is 112 Å². The highest BCUT2D eigenvalue weighted by Crippen LogP contribution is 2.24. The zero-order valence-corrected chi connectivity index (χ0v) is 11.2. The fourth-order valence-electron chi connectivity index (χ4n) is 2.74. The van der Waals surface area contributed by atoms with Crippen LogP contribution < -0.4 is 5.32 Å². The van der Waals surface area contributed by atoms with Gasteiger partial charge in [-0.25, -0.2) is 4.52 Å². The van der Waals surface area contributed by atoms with Crippen LogP contribution in [0, 0.1) is 12.8 Å². The number of rotatable bonds is 3. The number of anilines is 1. The minimum Gasteiger partial charge on any atom is -0.393 e. The summed E-state index contributed by atoms with van der Waals surface area (Å²) in [5.74, 6) is 1.20. The van der Waals surface area contributed by atoms with Crippen molar-refractivity contribution in [2.45, 2.75) is 38.7 Å². The van der Waals surface area contributed by atoms with E-state index in [2.05, 4.69) is 15.4 Å². The van der Waals surface area contributed by atoms with Crippen molar-refractivity contribution in [3.05, 3.63) is 23.9 Å². The van der Waals surface area contributed by atoms with Gasteiger partial charge in [-0.05, 0) is 43.7 Å². The fraction of sp³-hybridized carbons (Fsp3) is 0.571. The van der Waals surface area contributed by atoms with Crippen LogP contribution in [0.3, 0.4) is 0 Å². The van der Waals surface area contributed by atoms with Crippen LogP contribution in [0.25, 0.3) is 5.65 Å². The topological polar surface area (TPSA) is 62.5 Å². The Balaban J connectivity index is 1.65. The standard InChI is InChI=1S/C14H20N4O/c1-10-5-6-13-16-14(17-18(13)9-10)15-8-11-3-2-4-12(19)7-11/h5-6,9,11-12,19H,2-4,7-8H2,1H3,(H,15,17). The van der Waals surface area contributed by atoms with Gasteiger partial charge in [0.1, 0.15) is 0 Å². The summed E-state index contributed by atoms with van der Waals surface area (Å²) in [5.41, 5.74) is 2.02. The predicted molar refractivity (Wildman–Crippen MR) is 74.2 cm³/mol. The van der Waals surface area contributed by atoms with Gasteiger partial charge in [0.25, 0.3) is 0 Å². The molecular weight excluding hydrogens is 240 g/mol. The normalized spacial score (nSPS) is 23.7. The highest BCUT2D eigenvalue weighted by atomic mass is 16.3. The minimum atomic E-state index is -0.128. The molecular formula is C14H20N4O. The summed E-state index contributed by atoms with van der Waals surface area (Å²) in [4.78, 5) is 4.44. The highest BCUT2D eigenvalue weighted by molar-refractivity contribution is 5.44. The summed E-state index contributed by atoms with van der Waals surface area (Å²) >= 11 is 0. The third-order valence-corrected chi connectivity index (χ3v) is 3.78. The first-order valence-electron chi connectivity index (χ1n) is 6.95. The lowest BCUT2D eigenvalue weighted by Gasteiger charge is -2.25. The van der Waals surface area contributed by atoms with Crippen LogP contribution in [0.15, 0.2) is 18.3 Å². The molecule has 2 aromatic rings. The van der Waals surface area contributed by atoms with Gasteiger partial charge in [0.15, 0.2) is 5.65 Å². The Kier molecular flexibility index (Phi) is 3.38. The summed E-state index contributed by atoms with van der Waals surface area (Å²) in [5, 5.41) is 17.4. The third kappa shape index (κ3) is 2.87. The maximum atomic E-state index is 9.66. The van der Waals surface area contributed by atoms with Gasteiger partial charge >= 0.3 is 0 Å². The lowest BCUT2D eigenvalue weighted by atomic mass is 9.87. The average Bonchev–Trinajstić information content (AvgIpc) is 2.78. The summed E-state index contributed by atoms with van der Waals surface area (Å²) in [6.07, 6.45) is 5.97. The summed E-state index contributed by atoms with van der Waals surface area (Å²) in [7, 11) is 0. The number of nitrogens with one attached hydrogen (secondary N) is 1. The Bertz CT molecular complexity index is 566. The van der Waals surface area contributed by atoms with E-state index in [1.165, 1.54) is 12.0 Å². The second kappa shape index (κ2) is 5.17. The molecule has 0 aromatic carbocycles. The molecule has 2 unspecified atom stereocenters. The zero-order valence-electron chi connectivity index (χ0n) is 11.2. The van der Waals surface area contributed by atoms with Crippen LogP contribution in [0.5, 0.6) is 0 Å². The smallest absolute Gasteiger partial charge is 0.243 e. The lowest BCUT2D eigenvalue weighted by Crippen LogP contribution is -2.25. The van der Waals surface area contributed by atoms with Gasteiger partial charge in [-0.15, -0.1) is 5.10 Å². The Morgan fingerprint density at radius 2 is 2.32 bits per heavy atom. The fourth-order valence-corrected chi connectivity index (χ4v) is 2.74. The molecule has 2 aromatic heterocycles. The van der Waals surface area contributed by atoms with Crippen molar-refractivity contribution in [2.24, 2.45) is 5.92 Å². The van der Waals surface area contributed by atoms with Gasteiger partial charge in [-0.3, -0.25) is 0 Å². The van der Waals surface area contributed by atoms with E-state index in [1.54, 1.807) is 4.52 Å². The van der Waals surface area contributed by atoms with Crippen molar-refractivity contribution in [3.8, 4) is 0 Å². The molecule has 0 aliphatic heterocycles. The largest absolute Gasteiger partial charge is 0.393 e. The molecule has 0 amide bonds. The molecule has 2 atom stereocenters. The van der Waals surface area contributed by atoms with Crippen LogP contribution >= 0.6 is 0 Å². The first-order chi connectivity index (χ1) is 9.20. The number of aliphatic hydroxyl groups is 1. The second-order valence-corrected chi connectivity index (χ2v) is 5.51. The number of aliphatic hydroxyl groups excluding tert-OH is 1. The number of aromatic nitrogens is 3. The van der Waals surface area contributed by atoms with E-state index in [4.69, 9.17) is 0 Å². The Morgan fingerprint density at radius 1 is 1.42 bits per heavy atom. The lowest BCUT2D eigenvalue weighted by molar-refractivity contribution is 0.104. The van der Waals surface area contributed by atoms with Gasteiger partial charge < -0.3 is 10.4 Å². The zero-order chi connectivity index (χ0) is 13.2. The molecule has 1 saturated carbocycles. The maximum absolute atomic E-state index is 9.66. The van der Waals surface area contributed by atoms with E-state index in [1.807, 2.05) is 25.3 Å². The molecule has 1 fully saturated rings. The number of hydrogen-bond acceptors (Lipinski definition) is 4. The van der Waals surface area contributed by atoms with Crippen molar-refractivity contribution >= 4 is 11.6 Å². The van der Waals surface area contributed by atoms with Gasteiger partial charge in [-0.1, -0.05) is 12.5 Å². The molecule has 5 heteroatoms. The maximum Gasteiger partial charge on any atom is 0.243 e. The van der Waals surface area contributed by atoms with Gasteiger partial charge in [-0.2, -0.15) is 4.98 Å². The predicted octanol–water partition coefficient (Wildman–Crippen LogP) is 2.00. The van der Waals surface area contributed by atoms with Crippen molar-refractivity contribution in [1.82, 2.24) is 14.6 Å². The number of pyridine rings is 1. The van der Waals surface area contributed by atoms with Crippen LogP contribution in [0.1, 0.15) is 31.2 Å². The van der Waals surface area contributed by atoms with E-state index in [0.29, 0.717) is 11.9 Å². The molecule has 102 valence electrons. The minimum absolute atomic E-state index is 0.128. The molecule has 2 N–H and O–H groups in total. The van der Waals surface area contributed by atoms with Crippen molar-refractivity contribution in [1.29, 1.82) is 0 Å². The first-order valence-corrected chi connectivity index (χ1v) is 6.95. The molecule has 1 aliphatic carbocycles. The van der Waals surface area contributed by atoms with Crippen LogP contribution in [-0.4, -0.2) is 32.4 Å². The van der Waals surface area contributed by atoms with Crippen LogP contribution in [0.4, 0.5) is 5.95 Å². The molecule has 0 bridgehead atoms. The Hall–Kier alpha value is -1.62. The van der Waals surface area contributed by atoms with Crippen LogP contribution in [0.2, 0.25) is 0 Å². The molecule has 19 heavy (non-hydrogen) atoms. The van der Waals surface area contributed by atoms with Gasteiger partial charge in [0.2, 0.25) is 5.95 Å². The summed E-state index contributed by atoms with van der Waals surface area (Å²) in [6, 6.07) is 4.00. The quantitative estimate of drug-likeness (QED) is 0.886. The molecule has 5 nitrogen and oxygen atoms in total. The number of hydrogen-bond donors (Lipinski definition) is 2. The first kappa shape index (κ1) is 12.4. The SMILES string of the molecule is Cc1ccc2nc(NCC3CCCC(O)C3)nn2c1. The van der Waals surface area contributed by atoms with Crippen molar-refractivity contribution in [2.75, 3.05) is 11.9 Å². The molecule has 2 heterocycles. The molecule has 0 saturated heterocycles. The average molecular weight is 260 g/mol. The van der Waals surface area contributed by atoms with Crippen molar-refractivity contribution in [3.63, 3.8) is 0 Å². The summed E-state index contributed by atoms with van der Waals surface area (Å²) in [6.45, 7) is 2.88. The number of fused-ring (bicyclic) bond motifs is 1. The monoisotopic (exact) mass is 260 g/mol. The Morgan fingerprint density at radius 3 is 3.16 bits per heavy atom. The molecule has 0 spiro atoms. The number of nitrogens with zero attached hydrogens (tertiary/aromatic N) is 3. The molecule has 3 rings (SSSR count). The third-order valence-electron chi connectivity index (χ3n) is 3.78. The van der Waals surface area contributed by atoms with E-state index < -0.39 is 0 Å². The van der Waals surface area contributed by atoms with E-state index >= 15 is 0 Å². The molecule has 0 radical (unpaired) electrons. The number of aryl methyl sites for hydroxylation is 1. The van der Waals surface area contributed by atoms with E-state index in [9.17, 15) is 5.11 Å². The van der Waals surface area contributed by atoms with Gasteiger partial charge in [0, 0.05) is 12.7 Å².